The number of hydrogen-bond acceptors (Lipinski definition) is 5. The summed E-state index contributed by atoms with van der Waals surface area (Å²) in [5, 5.41) is 21.6. The van der Waals surface area contributed by atoms with Gasteiger partial charge in [-0.2, -0.15) is 14.9 Å². The first-order valence-electron chi connectivity index (χ1n) is 7.24. The molecule has 0 saturated carbocycles. The van der Waals surface area contributed by atoms with Gasteiger partial charge in [-0.15, -0.1) is 6.58 Å². The molecule has 3 rings (SSSR count). The summed E-state index contributed by atoms with van der Waals surface area (Å²) in [5.74, 6) is 0.752. The predicted molar refractivity (Wildman–Crippen MR) is 95.6 cm³/mol. The molecule has 0 radical (unpaired) electrons. The van der Waals surface area contributed by atoms with Crippen LogP contribution in [0.3, 0.4) is 0 Å². The maximum absolute atomic E-state index is 10.3. The van der Waals surface area contributed by atoms with E-state index in [-0.39, 0.29) is 5.75 Å². The second kappa shape index (κ2) is 7.01. The molecule has 0 bridgehead atoms. The molecule has 2 aromatic heterocycles. The molecule has 1 aromatic carbocycles. The second-order valence-electron chi connectivity index (χ2n) is 4.99. The number of nitrogens with zero attached hydrogens (tertiary/aromatic N) is 4. The summed E-state index contributed by atoms with van der Waals surface area (Å²) in [4.78, 5) is 3.99. The average Bonchev–Trinajstić information content (AvgIpc) is 2.97. The Balaban J connectivity index is 2.00. The van der Waals surface area contributed by atoms with E-state index in [1.54, 1.807) is 30.8 Å². The van der Waals surface area contributed by atoms with Crippen molar-refractivity contribution in [3.63, 3.8) is 0 Å². The van der Waals surface area contributed by atoms with Gasteiger partial charge in [-0.3, -0.25) is 4.98 Å². The molecule has 3 aromatic rings. The summed E-state index contributed by atoms with van der Waals surface area (Å²) in [5.41, 5.74) is 2.22. The third-order valence-electron chi connectivity index (χ3n) is 3.42. The van der Waals surface area contributed by atoms with E-state index in [1.807, 2.05) is 24.3 Å². The molecule has 0 aliphatic carbocycles. The SMILES string of the molecule is C=CCc1cccc(/C=N/n2c(-c3ccncc3)n[nH]c2=S)c1O. The van der Waals surface area contributed by atoms with Gasteiger partial charge < -0.3 is 5.11 Å². The number of phenolic OH excluding ortho intramolecular Hbond substituents is 1. The van der Waals surface area contributed by atoms with Gasteiger partial charge in [-0.1, -0.05) is 18.2 Å². The van der Waals surface area contributed by atoms with Crippen molar-refractivity contribution in [2.75, 3.05) is 0 Å². The highest BCUT2D eigenvalue weighted by Gasteiger charge is 2.08. The summed E-state index contributed by atoms with van der Waals surface area (Å²) in [7, 11) is 0. The largest absolute Gasteiger partial charge is 0.507 e. The lowest BCUT2D eigenvalue weighted by atomic mass is 10.1. The Hall–Kier alpha value is -3.06. The number of aromatic hydroxyl groups is 1. The minimum Gasteiger partial charge on any atom is -0.507 e. The second-order valence-corrected chi connectivity index (χ2v) is 5.38. The van der Waals surface area contributed by atoms with Gasteiger partial charge in [0.15, 0.2) is 5.82 Å². The van der Waals surface area contributed by atoms with Crippen molar-refractivity contribution in [3.8, 4) is 17.1 Å². The number of phenols is 1. The van der Waals surface area contributed by atoms with Crippen LogP contribution in [-0.4, -0.2) is 31.2 Å². The Bertz CT molecular complexity index is 943. The van der Waals surface area contributed by atoms with Crippen molar-refractivity contribution in [3.05, 3.63) is 71.3 Å². The lowest BCUT2D eigenvalue weighted by Crippen LogP contribution is -1.96. The van der Waals surface area contributed by atoms with Crippen LogP contribution in [0.1, 0.15) is 11.1 Å². The van der Waals surface area contributed by atoms with Gasteiger partial charge in [0.1, 0.15) is 5.75 Å². The van der Waals surface area contributed by atoms with Crippen LogP contribution >= 0.6 is 12.2 Å². The smallest absolute Gasteiger partial charge is 0.216 e. The Morgan fingerprint density at radius 1 is 1.29 bits per heavy atom. The Labute approximate surface area is 143 Å². The van der Waals surface area contributed by atoms with Crippen LogP contribution < -0.4 is 0 Å². The number of allylic oxidation sites excluding steroid dienone is 1. The number of para-hydroxylation sites is 1. The molecular weight excluding hydrogens is 322 g/mol. The quantitative estimate of drug-likeness (QED) is 0.425. The van der Waals surface area contributed by atoms with E-state index in [9.17, 15) is 5.11 Å². The van der Waals surface area contributed by atoms with E-state index in [2.05, 4.69) is 26.9 Å². The molecule has 0 spiro atoms. The minimum absolute atomic E-state index is 0.182. The van der Waals surface area contributed by atoms with E-state index in [1.165, 1.54) is 4.68 Å². The van der Waals surface area contributed by atoms with Gasteiger partial charge in [0.25, 0.3) is 0 Å². The van der Waals surface area contributed by atoms with Crippen molar-refractivity contribution in [2.45, 2.75) is 6.42 Å². The van der Waals surface area contributed by atoms with Gasteiger partial charge in [0.05, 0.1) is 6.21 Å². The number of aromatic nitrogens is 4. The third kappa shape index (κ3) is 3.16. The Morgan fingerprint density at radius 3 is 2.83 bits per heavy atom. The summed E-state index contributed by atoms with van der Waals surface area (Å²) < 4.78 is 1.87. The molecule has 0 aliphatic rings. The molecule has 7 heteroatoms. The van der Waals surface area contributed by atoms with E-state index in [0.29, 0.717) is 22.6 Å². The van der Waals surface area contributed by atoms with Crippen LogP contribution in [0.5, 0.6) is 5.75 Å². The predicted octanol–water partition coefficient (Wildman–Crippen LogP) is 3.32. The molecular formula is C17H15N5OS. The zero-order chi connectivity index (χ0) is 16.9. The Morgan fingerprint density at radius 2 is 2.08 bits per heavy atom. The number of hydrogen-bond donors (Lipinski definition) is 2. The van der Waals surface area contributed by atoms with Gasteiger partial charge in [0, 0.05) is 23.5 Å². The lowest BCUT2D eigenvalue weighted by molar-refractivity contribution is 0.469. The molecule has 6 nitrogen and oxygen atoms in total. The lowest BCUT2D eigenvalue weighted by Gasteiger charge is -2.05. The molecule has 120 valence electrons. The molecule has 24 heavy (non-hydrogen) atoms. The third-order valence-corrected chi connectivity index (χ3v) is 3.68. The van der Waals surface area contributed by atoms with Crippen molar-refractivity contribution >= 4 is 18.4 Å². The van der Waals surface area contributed by atoms with Crippen LogP contribution in [-0.2, 0) is 6.42 Å². The average molecular weight is 337 g/mol. The van der Waals surface area contributed by atoms with Crippen LogP contribution in [0.15, 0.2) is 60.5 Å². The summed E-state index contributed by atoms with van der Waals surface area (Å²) >= 11 is 5.23. The first kappa shape index (κ1) is 15.8. The molecule has 0 unspecified atom stereocenters. The first-order chi connectivity index (χ1) is 11.7. The van der Waals surface area contributed by atoms with Crippen molar-refractivity contribution in [1.82, 2.24) is 19.9 Å². The van der Waals surface area contributed by atoms with Gasteiger partial charge in [-0.25, -0.2) is 5.10 Å². The van der Waals surface area contributed by atoms with Crippen molar-refractivity contribution in [1.29, 1.82) is 0 Å². The molecule has 0 amide bonds. The molecule has 0 saturated heterocycles. The van der Waals surface area contributed by atoms with Crippen LogP contribution in [0.4, 0.5) is 0 Å². The monoisotopic (exact) mass is 337 g/mol. The van der Waals surface area contributed by atoms with Crippen LogP contribution in [0.2, 0.25) is 0 Å². The summed E-state index contributed by atoms with van der Waals surface area (Å²) in [6, 6.07) is 9.12. The highest BCUT2D eigenvalue weighted by Crippen LogP contribution is 2.22. The standard InChI is InChI=1S/C17H15N5OS/c1-2-4-12-5-3-6-14(15(12)23)11-19-22-16(20-21-17(22)24)13-7-9-18-10-8-13/h2-3,5-11,23H,1,4H2,(H,21,24)/b19-11+. The van der Waals surface area contributed by atoms with E-state index >= 15 is 0 Å². The van der Waals surface area contributed by atoms with E-state index in [0.717, 1.165) is 11.1 Å². The summed E-state index contributed by atoms with van der Waals surface area (Å²) in [6.45, 7) is 3.69. The number of pyridine rings is 1. The van der Waals surface area contributed by atoms with E-state index < -0.39 is 0 Å². The number of rotatable bonds is 5. The van der Waals surface area contributed by atoms with E-state index in [4.69, 9.17) is 12.2 Å². The van der Waals surface area contributed by atoms with Gasteiger partial charge in [0.2, 0.25) is 4.77 Å². The van der Waals surface area contributed by atoms with Crippen LogP contribution in [0, 0.1) is 4.77 Å². The number of H-pyrrole nitrogens is 1. The zero-order valence-corrected chi connectivity index (χ0v) is 13.6. The maximum Gasteiger partial charge on any atom is 0.216 e. The molecule has 2 heterocycles. The fourth-order valence-corrected chi connectivity index (χ4v) is 2.42. The number of aromatic amines is 1. The van der Waals surface area contributed by atoms with Gasteiger partial charge in [-0.05, 0) is 42.4 Å². The van der Waals surface area contributed by atoms with Crippen LogP contribution in [0.25, 0.3) is 11.4 Å². The maximum atomic E-state index is 10.3. The minimum atomic E-state index is 0.182. The zero-order valence-electron chi connectivity index (χ0n) is 12.8. The molecule has 0 fully saturated rings. The topological polar surface area (TPSA) is 79.1 Å². The number of nitrogens with one attached hydrogen (secondary N) is 1. The van der Waals surface area contributed by atoms with Gasteiger partial charge >= 0.3 is 0 Å². The van der Waals surface area contributed by atoms with Crippen molar-refractivity contribution < 1.29 is 5.11 Å². The molecule has 0 aliphatic heterocycles. The van der Waals surface area contributed by atoms with Crippen molar-refractivity contribution in [2.24, 2.45) is 5.10 Å². The fraction of sp³-hybridized carbons (Fsp3) is 0.0588. The number of benzene rings is 1. The first-order valence-corrected chi connectivity index (χ1v) is 7.65. The fourth-order valence-electron chi connectivity index (χ4n) is 2.24. The highest BCUT2D eigenvalue weighted by molar-refractivity contribution is 7.71. The highest BCUT2D eigenvalue weighted by atomic mass is 32.1. The Kier molecular flexibility index (Phi) is 4.62. The summed E-state index contributed by atoms with van der Waals surface area (Å²) in [6.07, 6.45) is 7.22. The molecule has 2 N–H and O–H groups in total. The normalized spacial score (nSPS) is 11.0. The molecule has 0 atom stereocenters.